The number of halogens is 1. The van der Waals surface area contributed by atoms with Crippen molar-refractivity contribution in [3.05, 3.63) is 6.17 Å². The summed E-state index contributed by atoms with van der Waals surface area (Å²) in [5.74, 6) is 0. The summed E-state index contributed by atoms with van der Waals surface area (Å²) >= 11 is 0. The predicted octanol–water partition coefficient (Wildman–Crippen LogP) is 0.516. The Morgan fingerprint density at radius 2 is 1.83 bits per heavy atom. The average Bonchev–Trinajstić information content (AvgIpc) is 1.30. The van der Waals surface area contributed by atoms with Gasteiger partial charge < -0.3 is 9.13 Å². The van der Waals surface area contributed by atoms with Gasteiger partial charge in [0.15, 0.2) is 0 Å². The van der Waals surface area contributed by atoms with E-state index in [4.69, 9.17) is 0 Å². The van der Waals surface area contributed by atoms with Gasteiger partial charge in [-0.2, -0.15) is 0 Å². The first-order valence-electron chi connectivity index (χ1n) is 1.47. The van der Waals surface area contributed by atoms with Gasteiger partial charge in [0.2, 0.25) is 0 Å². The fraction of sp³-hybridized carbons (Fsp3) is 0.667. The van der Waals surface area contributed by atoms with Gasteiger partial charge in [-0.1, -0.05) is 0 Å². The first-order chi connectivity index (χ1) is 2.39. The Morgan fingerprint density at radius 3 is 1.83 bits per heavy atom. The average molecular weight is 164 g/mol. The predicted molar refractivity (Wildman–Crippen MR) is 15.2 cm³/mol. The monoisotopic (exact) mass is 164 g/mol. The van der Waals surface area contributed by atoms with Crippen LogP contribution in [0.2, 0.25) is 0 Å². The molecule has 1 heterocycles. The van der Waals surface area contributed by atoms with Crippen LogP contribution in [0, 0.1) is 6.17 Å². The van der Waals surface area contributed by atoms with Crippen LogP contribution in [0.25, 0.3) is 0 Å². The summed E-state index contributed by atoms with van der Waals surface area (Å²) in [5, 5.41) is 0. The summed E-state index contributed by atoms with van der Waals surface area (Å²) in [7, 11) is 0. The molecule has 0 aromatic rings. The van der Waals surface area contributed by atoms with Crippen LogP contribution in [-0.4, -0.2) is 13.2 Å². The Bertz CT molecular complexity index is 37.8. The fourth-order valence-corrected chi connectivity index (χ4v) is 0.179. The van der Waals surface area contributed by atoms with E-state index in [0.717, 1.165) is 0 Å². The molecule has 0 aromatic heterocycles. The van der Waals surface area contributed by atoms with Crippen molar-refractivity contribution in [2.24, 2.45) is 0 Å². The molecule has 1 rings (SSSR count). The molecule has 1 aliphatic heterocycles. The molecule has 0 atom stereocenters. The summed E-state index contributed by atoms with van der Waals surface area (Å²) in [4.78, 5) is 0. The third-order valence-electron chi connectivity index (χ3n) is 0.517. The molecular weight excluding hydrogens is 160 g/mol. The third-order valence-corrected chi connectivity index (χ3v) is 0.517. The Kier molecular flexibility index (Phi) is 3.56. The van der Waals surface area contributed by atoms with Crippen molar-refractivity contribution >= 4 is 0 Å². The van der Waals surface area contributed by atoms with E-state index in [1.165, 1.54) is 0 Å². The summed E-state index contributed by atoms with van der Waals surface area (Å²) < 4.78 is 15.7. The van der Waals surface area contributed by atoms with Gasteiger partial charge in [-0.15, -0.1) is 6.17 Å². The molecular formula is C3H4FOY-. The van der Waals surface area contributed by atoms with Gasteiger partial charge in [0, 0.05) is 32.7 Å². The molecule has 1 radical (unpaired) electrons. The quantitative estimate of drug-likeness (QED) is 0.474. The third kappa shape index (κ3) is 1.63. The van der Waals surface area contributed by atoms with Crippen molar-refractivity contribution in [2.75, 3.05) is 13.2 Å². The van der Waals surface area contributed by atoms with Gasteiger partial charge >= 0.3 is 0 Å². The number of hydrogen-bond acceptors (Lipinski definition) is 1. The molecule has 0 spiro atoms. The summed E-state index contributed by atoms with van der Waals surface area (Å²) in [6, 6.07) is 0. The molecule has 3 heteroatoms. The topological polar surface area (TPSA) is 9.23 Å². The van der Waals surface area contributed by atoms with Gasteiger partial charge in [-0.25, -0.2) is 0 Å². The second-order valence-corrected chi connectivity index (χ2v) is 1.01. The first kappa shape index (κ1) is 6.99. The molecule has 0 bridgehead atoms. The van der Waals surface area contributed by atoms with Gasteiger partial charge in [-0.05, 0) is 13.2 Å². The van der Waals surface area contributed by atoms with Crippen LogP contribution in [0.1, 0.15) is 0 Å². The zero-order valence-electron chi connectivity index (χ0n) is 3.28. The minimum atomic E-state index is -0.0370. The smallest absolute Gasteiger partial charge is 0 e. The Balaban J connectivity index is 0.000000250. The molecule has 0 unspecified atom stereocenters. The zero-order chi connectivity index (χ0) is 3.70. The van der Waals surface area contributed by atoms with Crippen LogP contribution >= 0.6 is 0 Å². The summed E-state index contributed by atoms with van der Waals surface area (Å²) in [6.45, 7) is 0.472. The van der Waals surface area contributed by atoms with Crippen molar-refractivity contribution < 1.29 is 41.8 Å². The SMILES string of the molecule is F[C-]1COC1.[Y]. The van der Waals surface area contributed by atoms with Crippen LogP contribution in [0.5, 0.6) is 0 Å². The Labute approximate surface area is 61.1 Å². The van der Waals surface area contributed by atoms with E-state index >= 15 is 0 Å². The largest absolute Gasteiger partial charge is 0.452 e. The molecule has 1 nitrogen and oxygen atoms in total. The Morgan fingerprint density at radius 1 is 1.50 bits per heavy atom. The van der Waals surface area contributed by atoms with E-state index in [-0.39, 0.29) is 52.1 Å². The van der Waals surface area contributed by atoms with E-state index in [1.54, 1.807) is 0 Å². The molecule has 0 aromatic carbocycles. The standard InChI is InChI=1S/C3H4FO.Y/c4-3-1-5-2-3;/h1-2H2;/q-1;. The van der Waals surface area contributed by atoms with Crippen molar-refractivity contribution in [3.8, 4) is 0 Å². The van der Waals surface area contributed by atoms with Gasteiger partial charge in [0.1, 0.15) is 0 Å². The number of ether oxygens (including phenoxy) is 1. The maximum absolute atomic E-state index is 11.3. The van der Waals surface area contributed by atoms with Gasteiger partial charge in [0.25, 0.3) is 0 Å². The molecule has 1 aliphatic rings. The van der Waals surface area contributed by atoms with Crippen LogP contribution in [0.15, 0.2) is 0 Å². The van der Waals surface area contributed by atoms with Crippen LogP contribution in [-0.2, 0) is 37.4 Å². The van der Waals surface area contributed by atoms with Crippen molar-refractivity contribution in [1.29, 1.82) is 0 Å². The van der Waals surface area contributed by atoms with E-state index < -0.39 is 0 Å². The van der Waals surface area contributed by atoms with E-state index in [1.807, 2.05) is 0 Å². The fourth-order valence-electron chi connectivity index (χ4n) is 0.179. The maximum atomic E-state index is 11.3. The summed E-state index contributed by atoms with van der Waals surface area (Å²) in [5.41, 5.74) is 0. The number of rotatable bonds is 0. The molecule has 0 amide bonds. The molecule has 6 heavy (non-hydrogen) atoms. The minimum Gasteiger partial charge on any atom is -0.452 e. The van der Waals surface area contributed by atoms with Gasteiger partial charge in [0.05, 0.1) is 0 Å². The van der Waals surface area contributed by atoms with Crippen molar-refractivity contribution in [2.45, 2.75) is 0 Å². The molecule has 0 aliphatic carbocycles. The van der Waals surface area contributed by atoms with Crippen molar-refractivity contribution in [1.82, 2.24) is 0 Å². The second-order valence-electron chi connectivity index (χ2n) is 1.01. The van der Waals surface area contributed by atoms with E-state index in [2.05, 4.69) is 4.74 Å². The summed E-state index contributed by atoms with van der Waals surface area (Å²) in [6.07, 6.45) is -0.0370. The molecule has 1 saturated heterocycles. The normalized spacial score (nSPS) is 21.5. The second kappa shape index (κ2) is 3.06. The maximum Gasteiger partial charge on any atom is 0 e. The van der Waals surface area contributed by atoms with E-state index in [0.29, 0.717) is 0 Å². The minimum absolute atomic E-state index is 0. The van der Waals surface area contributed by atoms with Crippen molar-refractivity contribution in [3.63, 3.8) is 0 Å². The molecule has 0 saturated carbocycles. The van der Waals surface area contributed by atoms with Gasteiger partial charge in [-0.3, -0.25) is 0 Å². The number of hydrogen-bond donors (Lipinski definition) is 0. The molecule has 1 fully saturated rings. The van der Waals surface area contributed by atoms with Crippen LogP contribution in [0.3, 0.4) is 0 Å². The van der Waals surface area contributed by atoms with Crippen LogP contribution in [0.4, 0.5) is 4.39 Å². The zero-order valence-corrected chi connectivity index (χ0v) is 6.12. The first-order valence-corrected chi connectivity index (χ1v) is 1.47. The molecule has 33 valence electrons. The Hall–Kier alpha value is 0.994. The van der Waals surface area contributed by atoms with Crippen LogP contribution < -0.4 is 0 Å². The molecule has 0 N–H and O–H groups in total. The van der Waals surface area contributed by atoms with E-state index in [9.17, 15) is 4.39 Å².